The van der Waals surface area contributed by atoms with Crippen LogP contribution in [0.1, 0.15) is 17.2 Å². The Hall–Kier alpha value is -1.09. The standard InChI is InChI=1S/C12H10Cl2N2/c13-9-4-1-5-10(14)11(9)12(15)8-3-2-6-16-7-8/h1-7,12H,15H2. The molecular formula is C12H10Cl2N2. The lowest BCUT2D eigenvalue weighted by molar-refractivity contribution is 0.864. The van der Waals surface area contributed by atoms with Crippen LogP contribution in [0.25, 0.3) is 0 Å². The predicted octanol–water partition coefficient (Wildman–Crippen LogP) is 3.44. The molecule has 1 aromatic heterocycles. The molecule has 2 N–H and O–H groups in total. The molecule has 0 bridgehead atoms. The second-order valence-corrected chi connectivity index (χ2v) is 4.21. The van der Waals surface area contributed by atoms with Gasteiger partial charge in [0.2, 0.25) is 0 Å². The van der Waals surface area contributed by atoms with Crippen molar-refractivity contribution in [1.82, 2.24) is 4.98 Å². The molecule has 0 amide bonds. The van der Waals surface area contributed by atoms with Gasteiger partial charge in [0.05, 0.1) is 6.04 Å². The monoisotopic (exact) mass is 252 g/mol. The molecule has 0 radical (unpaired) electrons. The van der Waals surface area contributed by atoms with Crippen LogP contribution in [0.2, 0.25) is 10.0 Å². The molecule has 1 aromatic carbocycles. The first-order valence-electron chi connectivity index (χ1n) is 4.79. The minimum absolute atomic E-state index is 0.352. The number of hydrogen-bond donors (Lipinski definition) is 1. The number of aromatic nitrogens is 1. The van der Waals surface area contributed by atoms with Gasteiger partial charge in [0.15, 0.2) is 0 Å². The van der Waals surface area contributed by atoms with Gasteiger partial charge in [0.1, 0.15) is 0 Å². The molecule has 0 aliphatic heterocycles. The Morgan fingerprint density at radius 2 is 1.75 bits per heavy atom. The lowest BCUT2D eigenvalue weighted by atomic mass is 10.0. The number of pyridine rings is 1. The highest BCUT2D eigenvalue weighted by Gasteiger charge is 2.15. The van der Waals surface area contributed by atoms with Crippen molar-refractivity contribution in [2.24, 2.45) is 5.73 Å². The van der Waals surface area contributed by atoms with Crippen molar-refractivity contribution in [3.63, 3.8) is 0 Å². The molecule has 0 saturated heterocycles. The number of benzene rings is 1. The summed E-state index contributed by atoms with van der Waals surface area (Å²) in [6, 6.07) is 8.73. The summed E-state index contributed by atoms with van der Waals surface area (Å²) in [5.41, 5.74) is 7.73. The van der Waals surface area contributed by atoms with Crippen molar-refractivity contribution < 1.29 is 0 Å². The van der Waals surface area contributed by atoms with E-state index in [-0.39, 0.29) is 6.04 Å². The molecule has 2 nitrogen and oxygen atoms in total. The third kappa shape index (κ3) is 2.19. The summed E-state index contributed by atoms with van der Waals surface area (Å²) in [5.74, 6) is 0. The maximum Gasteiger partial charge on any atom is 0.0596 e. The van der Waals surface area contributed by atoms with Crippen LogP contribution in [-0.4, -0.2) is 4.98 Å². The van der Waals surface area contributed by atoms with Crippen molar-refractivity contribution in [3.8, 4) is 0 Å². The van der Waals surface area contributed by atoms with Gasteiger partial charge in [-0.2, -0.15) is 0 Å². The Labute approximate surface area is 104 Å². The first-order valence-corrected chi connectivity index (χ1v) is 5.55. The molecule has 0 aliphatic rings. The second-order valence-electron chi connectivity index (χ2n) is 3.40. The van der Waals surface area contributed by atoms with Gasteiger partial charge in [-0.3, -0.25) is 4.98 Å². The van der Waals surface area contributed by atoms with Gasteiger partial charge in [-0.15, -0.1) is 0 Å². The number of nitrogens with two attached hydrogens (primary N) is 1. The molecule has 1 unspecified atom stereocenters. The molecular weight excluding hydrogens is 243 g/mol. The van der Waals surface area contributed by atoms with E-state index in [2.05, 4.69) is 4.98 Å². The van der Waals surface area contributed by atoms with Crippen LogP contribution in [-0.2, 0) is 0 Å². The highest BCUT2D eigenvalue weighted by Crippen LogP contribution is 2.32. The van der Waals surface area contributed by atoms with Gasteiger partial charge in [0.25, 0.3) is 0 Å². The van der Waals surface area contributed by atoms with Gasteiger partial charge in [-0.25, -0.2) is 0 Å². The Kier molecular flexibility index (Phi) is 3.44. The lowest BCUT2D eigenvalue weighted by Crippen LogP contribution is -2.13. The molecule has 1 atom stereocenters. The zero-order valence-electron chi connectivity index (χ0n) is 8.40. The summed E-state index contributed by atoms with van der Waals surface area (Å²) in [6.07, 6.45) is 3.41. The van der Waals surface area contributed by atoms with E-state index in [1.54, 1.807) is 30.6 Å². The fourth-order valence-corrected chi connectivity index (χ4v) is 2.17. The fourth-order valence-electron chi connectivity index (χ4n) is 1.53. The van der Waals surface area contributed by atoms with Crippen LogP contribution in [0, 0.1) is 0 Å². The quantitative estimate of drug-likeness (QED) is 0.890. The van der Waals surface area contributed by atoms with Gasteiger partial charge < -0.3 is 5.73 Å². The van der Waals surface area contributed by atoms with Crippen molar-refractivity contribution in [3.05, 3.63) is 63.9 Å². The van der Waals surface area contributed by atoms with E-state index < -0.39 is 0 Å². The van der Waals surface area contributed by atoms with Crippen molar-refractivity contribution >= 4 is 23.2 Å². The number of nitrogens with zero attached hydrogens (tertiary/aromatic N) is 1. The summed E-state index contributed by atoms with van der Waals surface area (Å²) in [7, 11) is 0. The molecule has 4 heteroatoms. The van der Waals surface area contributed by atoms with E-state index in [0.717, 1.165) is 11.1 Å². The van der Waals surface area contributed by atoms with E-state index in [1.807, 2.05) is 12.1 Å². The summed E-state index contributed by atoms with van der Waals surface area (Å²) in [4.78, 5) is 4.02. The number of rotatable bonds is 2. The first kappa shape index (κ1) is 11.4. The number of halogens is 2. The highest BCUT2D eigenvalue weighted by atomic mass is 35.5. The van der Waals surface area contributed by atoms with Crippen molar-refractivity contribution in [2.45, 2.75) is 6.04 Å². The Balaban J connectivity index is 2.46. The summed E-state index contributed by atoms with van der Waals surface area (Å²) >= 11 is 12.2. The van der Waals surface area contributed by atoms with Crippen molar-refractivity contribution in [2.75, 3.05) is 0 Å². The van der Waals surface area contributed by atoms with Crippen LogP contribution in [0.3, 0.4) is 0 Å². The van der Waals surface area contributed by atoms with Crippen LogP contribution in [0.4, 0.5) is 0 Å². The van der Waals surface area contributed by atoms with Crippen LogP contribution in [0.15, 0.2) is 42.7 Å². The van der Waals surface area contributed by atoms with E-state index in [1.165, 1.54) is 0 Å². The van der Waals surface area contributed by atoms with Gasteiger partial charge >= 0.3 is 0 Å². The van der Waals surface area contributed by atoms with E-state index in [4.69, 9.17) is 28.9 Å². The molecule has 16 heavy (non-hydrogen) atoms. The average molecular weight is 253 g/mol. The maximum atomic E-state index is 6.11. The van der Waals surface area contributed by atoms with Crippen LogP contribution >= 0.6 is 23.2 Å². The fraction of sp³-hybridized carbons (Fsp3) is 0.0833. The molecule has 2 rings (SSSR count). The molecule has 0 spiro atoms. The van der Waals surface area contributed by atoms with E-state index >= 15 is 0 Å². The molecule has 2 aromatic rings. The third-order valence-electron chi connectivity index (χ3n) is 2.35. The molecule has 82 valence electrons. The van der Waals surface area contributed by atoms with E-state index in [0.29, 0.717) is 10.0 Å². The zero-order chi connectivity index (χ0) is 11.5. The minimum atomic E-state index is -0.352. The minimum Gasteiger partial charge on any atom is -0.320 e. The maximum absolute atomic E-state index is 6.11. The molecule has 0 saturated carbocycles. The van der Waals surface area contributed by atoms with Crippen molar-refractivity contribution in [1.29, 1.82) is 0 Å². The normalized spacial score (nSPS) is 12.4. The van der Waals surface area contributed by atoms with Gasteiger partial charge in [-0.05, 0) is 23.8 Å². The summed E-state index contributed by atoms with van der Waals surface area (Å²) in [6.45, 7) is 0. The largest absolute Gasteiger partial charge is 0.320 e. The Morgan fingerprint density at radius 3 is 2.31 bits per heavy atom. The Bertz CT molecular complexity index is 465. The molecule has 1 heterocycles. The summed E-state index contributed by atoms with van der Waals surface area (Å²) < 4.78 is 0. The smallest absolute Gasteiger partial charge is 0.0596 e. The lowest BCUT2D eigenvalue weighted by Gasteiger charge is -2.15. The van der Waals surface area contributed by atoms with Gasteiger partial charge in [-0.1, -0.05) is 35.3 Å². The van der Waals surface area contributed by atoms with Gasteiger partial charge in [0, 0.05) is 28.0 Å². The highest BCUT2D eigenvalue weighted by molar-refractivity contribution is 6.36. The predicted molar refractivity (Wildman–Crippen MR) is 66.7 cm³/mol. The van der Waals surface area contributed by atoms with E-state index in [9.17, 15) is 0 Å². The first-order chi connectivity index (χ1) is 7.70. The zero-order valence-corrected chi connectivity index (χ0v) is 9.91. The topological polar surface area (TPSA) is 38.9 Å². The SMILES string of the molecule is NC(c1cccnc1)c1c(Cl)cccc1Cl. The molecule has 0 fully saturated rings. The molecule has 0 aliphatic carbocycles. The summed E-state index contributed by atoms with van der Waals surface area (Å²) in [5, 5.41) is 1.15. The average Bonchev–Trinajstić information content (AvgIpc) is 2.30. The third-order valence-corrected chi connectivity index (χ3v) is 3.01. The number of hydrogen-bond acceptors (Lipinski definition) is 2. The second kappa shape index (κ2) is 4.83. The Morgan fingerprint density at radius 1 is 1.06 bits per heavy atom. The van der Waals surface area contributed by atoms with Crippen LogP contribution < -0.4 is 5.73 Å². The van der Waals surface area contributed by atoms with Crippen LogP contribution in [0.5, 0.6) is 0 Å².